The molecule has 0 aliphatic heterocycles. The number of aromatic nitrogens is 2. The summed E-state index contributed by atoms with van der Waals surface area (Å²) in [6, 6.07) is 16.5. The van der Waals surface area contributed by atoms with Crippen LogP contribution in [0, 0.1) is 0 Å². The Morgan fingerprint density at radius 2 is 1.80 bits per heavy atom. The third-order valence-electron chi connectivity index (χ3n) is 3.35. The summed E-state index contributed by atoms with van der Waals surface area (Å²) in [6.45, 7) is 0. The molecule has 3 rings (SSSR count). The Kier molecular flexibility index (Phi) is 5.25. The number of esters is 1. The first kappa shape index (κ1) is 16.9. The zero-order chi connectivity index (χ0) is 17.6. The van der Waals surface area contributed by atoms with E-state index in [1.165, 1.54) is 7.11 Å². The molecule has 7 heteroatoms. The largest absolute Gasteiger partial charge is 0.465 e. The van der Waals surface area contributed by atoms with Gasteiger partial charge in [-0.2, -0.15) is 4.98 Å². The van der Waals surface area contributed by atoms with Crippen molar-refractivity contribution in [3.8, 4) is 0 Å². The monoisotopic (exact) mass is 398 g/mol. The molecule has 1 aromatic heterocycles. The summed E-state index contributed by atoms with van der Waals surface area (Å²) in [7, 11) is 1.35. The van der Waals surface area contributed by atoms with E-state index in [0.29, 0.717) is 17.3 Å². The fourth-order valence-corrected chi connectivity index (χ4v) is 2.51. The molecule has 6 nitrogen and oxygen atoms in total. The van der Waals surface area contributed by atoms with Crippen LogP contribution in [0.2, 0.25) is 0 Å². The van der Waals surface area contributed by atoms with E-state index >= 15 is 0 Å². The van der Waals surface area contributed by atoms with E-state index in [4.69, 9.17) is 0 Å². The number of carbonyl (C=O) groups excluding carboxylic acids is 1. The number of para-hydroxylation sites is 1. The quantitative estimate of drug-likeness (QED) is 0.615. The molecule has 2 N–H and O–H groups in total. The highest BCUT2D eigenvalue weighted by Gasteiger charge is 2.06. The lowest BCUT2D eigenvalue weighted by atomic mass is 10.2. The first-order valence-corrected chi connectivity index (χ1v) is 8.25. The molecule has 0 atom stereocenters. The number of benzene rings is 2. The van der Waals surface area contributed by atoms with Gasteiger partial charge in [0.05, 0.1) is 18.4 Å². The molecule has 0 bridgehead atoms. The van der Waals surface area contributed by atoms with Gasteiger partial charge in [0, 0.05) is 16.4 Å². The normalized spacial score (nSPS) is 10.2. The molecule has 0 radical (unpaired) electrons. The van der Waals surface area contributed by atoms with Crippen molar-refractivity contribution in [2.24, 2.45) is 0 Å². The smallest absolute Gasteiger partial charge is 0.337 e. The van der Waals surface area contributed by atoms with Crippen LogP contribution in [0.4, 0.5) is 23.1 Å². The molecule has 2 aromatic carbocycles. The van der Waals surface area contributed by atoms with Crippen LogP contribution < -0.4 is 10.6 Å². The second-order valence-corrected chi connectivity index (χ2v) is 5.92. The lowest BCUT2D eigenvalue weighted by Crippen LogP contribution is -2.02. The Balaban J connectivity index is 1.73. The van der Waals surface area contributed by atoms with E-state index in [1.54, 1.807) is 36.5 Å². The van der Waals surface area contributed by atoms with Crippen LogP contribution in [-0.2, 0) is 4.74 Å². The van der Waals surface area contributed by atoms with Gasteiger partial charge in [-0.05, 0) is 58.4 Å². The number of rotatable bonds is 5. The molecule has 126 valence electrons. The fourth-order valence-electron chi connectivity index (χ4n) is 2.13. The SMILES string of the molecule is COC(=O)c1ccc(Nc2nccc(Nc3ccccc3Br)n2)cc1. The number of hydrogen-bond acceptors (Lipinski definition) is 6. The summed E-state index contributed by atoms with van der Waals surface area (Å²) in [4.78, 5) is 20.1. The number of anilines is 4. The summed E-state index contributed by atoms with van der Waals surface area (Å²) < 4.78 is 5.63. The van der Waals surface area contributed by atoms with Crippen molar-refractivity contribution < 1.29 is 9.53 Å². The van der Waals surface area contributed by atoms with Crippen LogP contribution in [0.25, 0.3) is 0 Å². The third-order valence-corrected chi connectivity index (χ3v) is 4.05. The van der Waals surface area contributed by atoms with Gasteiger partial charge < -0.3 is 15.4 Å². The summed E-state index contributed by atoms with van der Waals surface area (Å²) in [5, 5.41) is 6.33. The van der Waals surface area contributed by atoms with E-state index in [2.05, 4.69) is 41.3 Å². The van der Waals surface area contributed by atoms with Crippen LogP contribution >= 0.6 is 15.9 Å². The predicted molar refractivity (Wildman–Crippen MR) is 101 cm³/mol. The van der Waals surface area contributed by atoms with E-state index in [-0.39, 0.29) is 5.97 Å². The van der Waals surface area contributed by atoms with Gasteiger partial charge in [-0.15, -0.1) is 0 Å². The summed E-state index contributed by atoms with van der Waals surface area (Å²) in [5.74, 6) is 0.737. The van der Waals surface area contributed by atoms with Crippen LogP contribution in [-0.4, -0.2) is 23.0 Å². The number of nitrogens with zero attached hydrogens (tertiary/aromatic N) is 2. The average Bonchev–Trinajstić information content (AvgIpc) is 2.64. The molecule has 0 aliphatic carbocycles. The molecule has 0 saturated heterocycles. The van der Waals surface area contributed by atoms with Crippen molar-refractivity contribution in [1.29, 1.82) is 0 Å². The Morgan fingerprint density at radius 3 is 2.52 bits per heavy atom. The van der Waals surface area contributed by atoms with Crippen molar-refractivity contribution in [3.05, 3.63) is 70.8 Å². The molecule has 0 aliphatic rings. The topological polar surface area (TPSA) is 76.1 Å². The van der Waals surface area contributed by atoms with Crippen molar-refractivity contribution in [2.75, 3.05) is 17.7 Å². The molecule has 1 heterocycles. The van der Waals surface area contributed by atoms with Crippen LogP contribution in [0.5, 0.6) is 0 Å². The van der Waals surface area contributed by atoms with Crippen LogP contribution in [0.1, 0.15) is 10.4 Å². The molecular weight excluding hydrogens is 384 g/mol. The number of nitrogens with one attached hydrogen (secondary N) is 2. The maximum absolute atomic E-state index is 11.4. The lowest BCUT2D eigenvalue weighted by Gasteiger charge is -2.10. The molecule has 25 heavy (non-hydrogen) atoms. The van der Waals surface area contributed by atoms with Crippen molar-refractivity contribution in [2.45, 2.75) is 0 Å². The second kappa shape index (κ2) is 7.76. The van der Waals surface area contributed by atoms with Gasteiger partial charge in [0.25, 0.3) is 0 Å². The molecule has 0 spiro atoms. The highest BCUT2D eigenvalue weighted by atomic mass is 79.9. The Bertz CT molecular complexity index is 884. The van der Waals surface area contributed by atoms with E-state index in [0.717, 1.165) is 15.8 Å². The van der Waals surface area contributed by atoms with Crippen LogP contribution in [0.15, 0.2) is 65.3 Å². The number of hydrogen-bond donors (Lipinski definition) is 2. The standard InChI is InChI=1S/C18H15BrN4O2/c1-25-17(24)12-6-8-13(9-7-12)21-18-20-11-10-16(23-18)22-15-5-3-2-4-14(15)19/h2-11H,1H3,(H2,20,21,22,23). The Labute approximate surface area is 153 Å². The first-order valence-electron chi connectivity index (χ1n) is 7.46. The molecular formula is C18H15BrN4O2. The van der Waals surface area contributed by atoms with Gasteiger partial charge >= 0.3 is 5.97 Å². The van der Waals surface area contributed by atoms with Crippen molar-refractivity contribution in [3.63, 3.8) is 0 Å². The van der Waals surface area contributed by atoms with E-state index in [1.807, 2.05) is 24.3 Å². The number of methoxy groups -OCH3 is 1. The maximum atomic E-state index is 11.4. The molecule has 3 aromatic rings. The number of ether oxygens (including phenoxy) is 1. The van der Waals surface area contributed by atoms with Gasteiger partial charge in [-0.1, -0.05) is 12.1 Å². The highest BCUT2D eigenvalue weighted by Crippen LogP contribution is 2.25. The lowest BCUT2D eigenvalue weighted by molar-refractivity contribution is 0.0601. The van der Waals surface area contributed by atoms with Gasteiger partial charge in [0.2, 0.25) is 5.95 Å². The summed E-state index contributed by atoms with van der Waals surface area (Å²) in [6.07, 6.45) is 1.66. The molecule has 0 saturated carbocycles. The van der Waals surface area contributed by atoms with E-state index in [9.17, 15) is 4.79 Å². The summed E-state index contributed by atoms with van der Waals surface area (Å²) >= 11 is 3.49. The number of carbonyl (C=O) groups is 1. The van der Waals surface area contributed by atoms with Crippen molar-refractivity contribution in [1.82, 2.24) is 9.97 Å². The minimum Gasteiger partial charge on any atom is -0.465 e. The summed E-state index contributed by atoms with van der Waals surface area (Å²) in [5.41, 5.74) is 2.17. The fraction of sp³-hybridized carbons (Fsp3) is 0.0556. The average molecular weight is 399 g/mol. The minimum absolute atomic E-state index is 0.373. The first-order chi connectivity index (χ1) is 12.2. The molecule has 0 amide bonds. The zero-order valence-corrected chi connectivity index (χ0v) is 14.9. The molecule has 0 fully saturated rings. The predicted octanol–water partition coefficient (Wildman–Crippen LogP) is 4.51. The zero-order valence-electron chi connectivity index (χ0n) is 13.4. The Morgan fingerprint density at radius 1 is 1.04 bits per heavy atom. The second-order valence-electron chi connectivity index (χ2n) is 5.06. The van der Waals surface area contributed by atoms with Gasteiger partial charge in [0.15, 0.2) is 0 Å². The van der Waals surface area contributed by atoms with Crippen molar-refractivity contribution >= 4 is 45.0 Å². The third kappa shape index (κ3) is 4.33. The van der Waals surface area contributed by atoms with Gasteiger partial charge in [0.1, 0.15) is 5.82 Å². The minimum atomic E-state index is -0.373. The highest BCUT2D eigenvalue weighted by molar-refractivity contribution is 9.10. The van der Waals surface area contributed by atoms with Gasteiger partial charge in [-0.3, -0.25) is 0 Å². The Hall–Kier alpha value is -2.93. The maximum Gasteiger partial charge on any atom is 0.337 e. The van der Waals surface area contributed by atoms with Gasteiger partial charge in [-0.25, -0.2) is 9.78 Å². The number of halogens is 1. The van der Waals surface area contributed by atoms with E-state index < -0.39 is 0 Å². The molecule has 0 unspecified atom stereocenters. The van der Waals surface area contributed by atoms with Crippen LogP contribution in [0.3, 0.4) is 0 Å².